The Kier molecular flexibility index (Phi) is 6.12. The van der Waals surface area contributed by atoms with E-state index >= 15 is 0 Å². The van der Waals surface area contributed by atoms with E-state index < -0.39 is 10.0 Å². The Balaban J connectivity index is 1.72. The number of hydrogen-bond acceptors (Lipinski definition) is 3. The second kappa shape index (κ2) is 8.32. The number of benzene rings is 2. The Morgan fingerprint density at radius 3 is 2.48 bits per heavy atom. The van der Waals surface area contributed by atoms with E-state index in [1.807, 2.05) is 36.4 Å². The predicted octanol–water partition coefficient (Wildman–Crippen LogP) is 3.80. The van der Waals surface area contributed by atoms with Crippen LogP contribution in [0.25, 0.3) is 0 Å². The average molecular weight is 379 g/mol. The summed E-state index contributed by atoms with van der Waals surface area (Å²) in [4.78, 5) is 0.412. The fraction of sp³-hybridized carbons (Fsp3) is 0.368. The lowest BCUT2D eigenvalue weighted by atomic mass is 10.2. The lowest BCUT2D eigenvalue weighted by molar-refractivity contribution is 0.346. The van der Waals surface area contributed by atoms with Crippen molar-refractivity contribution in [3.8, 4) is 0 Å². The highest BCUT2D eigenvalue weighted by molar-refractivity contribution is 7.89. The zero-order valence-corrected chi connectivity index (χ0v) is 15.7. The first-order valence-corrected chi connectivity index (χ1v) is 10.4. The van der Waals surface area contributed by atoms with Crippen LogP contribution in [0.5, 0.6) is 0 Å². The zero-order chi connectivity index (χ0) is 17.7. The SMILES string of the molecule is O=S(=O)(c1ccccc1CNCc1cccc(Cl)c1)N1CCCCC1. The molecule has 3 rings (SSSR count). The average Bonchev–Trinajstić information content (AvgIpc) is 2.63. The van der Waals surface area contributed by atoms with Gasteiger partial charge in [0.1, 0.15) is 0 Å². The van der Waals surface area contributed by atoms with E-state index in [1.165, 1.54) is 0 Å². The summed E-state index contributed by atoms with van der Waals surface area (Å²) in [6.07, 6.45) is 2.98. The quantitative estimate of drug-likeness (QED) is 0.831. The summed E-state index contributed by atoms with van der Waals surface area (Å²) < 4.78 is 27.6. The van der Waals surface area contributed by atoms with Crippen LogP contribution in [-0.4, -0.2) is 25.8 Å². The van der Waals surface area contributed by atoms with Crippen molar-refractivity contribution in [1.29, 1.82) is 0 Å². The molecule has 0 spiro atoms. The van der Waals surface area contributed by atoms with Gasteiger partial charge in [-0.25, -0.2) is 8.42 Å². The third-order valence-electron chi connectivity index (χ3n) is 4.44. The summed E-state index contributed by atoms with van der Waals surface area (Å²) >= 11 is 6.00. The highest BCUT2D eigenvalue weighted by Gasteiger charge is 2.27. The van der Waals surface area contributed by atoms with Crippen LogP contribution in [0.1, 0.15) is 30.4 Å². The van der Waals surface area contributed by atoms with Crippen molar-refractivity contribution in [3.05, 3.63) is 64.7 Å². The minimum atomic E-state index is -3.42. The molecule has 0 aromatic heterocycles. The van der Waals surface area contributed by atoms with Crippen LogP contribution < -0.4 is 5.32 Å². The number of nitrogens with one attached hydrogen (secondary N) is 1. The maximum Gasteiger partial charge on any atom is 0.243 e. The molecule has 1 saturated heterocycles. The van der Waals surface area contributed by atoms with Crippen molar-refractivity contribution in [2.75, 3.05) is 13.1 Å². The van der Waals surface area contributed by atoms with Crippen LogP contribution in [0.3, 0.4) is 0 Å². The molecule has 6 heteroatoms. The van der Waals surface area contributed by atoms with Gasteiger partial charge < -0.3 is 5.32 Å². The molecule has 134 valence electrons. The molecule has 0 aliphatic carbocycles. The van der Waals surface area contributed by atoms with Crippen molar-refractivity contribution >= 4 is 21.6 Å². The summed E-state index contributed by atoms with van der Waals surface area (Å²) in [6, 6.07) is 14.9. The molecule has 0 radical (unpaired) electrons. The van der Waals surface area contributed by atoms with E-state index in [0.717, 1.165) is 30.4 Å². The summed E-state index contributed by atoms with van der Waals surface area (Å²) in [7, 11) is -3.42. The normalized spacial score (nSPS) is 16.0. The summed E-state index contributed by atoms with van der Waals surface area (Å²) in [6.45, 7) is 2.37. The van der Waals surface area contributed by atoms with Gasteiger partial charge in [0.25, 0.3) is 0 Å². The van der Waals surface area contributed by atoms with Gasteiger partial charge in [-0.2, -0.15) is 4.31 Å². The van der Waals surface area contributed by atoms with Crippen molar-refractivity contribution in [3.63, 3.8) is 0 Å². The molecule has 0 atom stereocenters. The van der Waals surface area contributed by atoms with Gasteiger partial charge >= 0.3 is 0 Å². The molecule has 1 fully saturated rings. The van der Waals surface area contributed by atoms with Crippen LogP contribution >= 0.6 is 11.6 Å². The standard InChI is InChI=1S/C19H23ClN2O2S/c20-18-9-6-7-16(13-18)14-21-15-17-8-2-3-10-19(17)25(23,24)22-11-4-1-5-12-22/h2-3,6-10,13,21H,1,4-5,11-12,14-15H2. The third kappa shape index (κ3) is 4.61. The van der Waals surface area contributed by atoms with E-state index in [1.54, 1.807) is 16.4 Å². The van der Waals surface area contributed by atoms with Gasteiger partial charge in [-0.1, -0.05) is 48.4 Å². The van der Waals surface area contributed by atoms with Crippen LogP contribution in [0.15, 0.2) is 53.4 Å². The molecule has 1 N–H and O–H groups in total. The minimum absolute atomic E-state index is 0.412. The largest absolute Gasteiger partial charge is 0.309 e. The molecule has 0 saturated carbocycles. The summed E-state index contributed by atoms with van der Waals surface area (Å²) in [5, 5.41) is 4.02. The van der Waals surface area contributed by atoms with Crippen molar-refractivity contribution in [2.45, 2.75) is 37.2 Å². The molecule has 4 nitrogen and oxygen atoms in total. The Labute approximate surface area is 154 Å². The molecule has 1 aliphatic rings. The molecule has 2 aromatic rings. The minimum Gasteiger partial charge on any atom is -0.309 e. The number of piperidine rings is 1. The Hall–Kier alpha value is -1.40. The van der Waals surface area contributed by atoms with Gasteiger partial charge in [0.15, 0.2) is 0 Å². The monoisotopic (exact) mass is 378 g/mol. The first-order valence-electron chi connectivity index (χ1n) is 8.60. The number of sulfonamides is 1. The number of hydrogen-bond donors (Lipinski definition) is 1. The summed E-state index contributed by atoms with van der Waals surface area (Å²) in [5.41, 5.74) is 1.87. The van der Waals surface area contributed by atoms with Crippen molar-refractivity contribution < 1.29 is 8.42 Å². The molecule has 1 aliphatic heterocycles. The fourth-order valence-electron chi connectivity index (χ4n) is 3.13. The molecule has 2 aromatic carbocycles. The zero-order valence-electron chi connectivity index (χ0n) is 14.1. The summed E-state index contributed by atoms with van der Waals surface area (Å²) in [5.74, 6) is 0. The maximum atomic E-state index is 13.0. The van der Waals surface area contributed by atoms with Crippen LogP contribution in [0.4, 0.5) is 0 Å². The predicted molar refractivity (Wildman–Crippen MR) is 101 cm³/mol. The van der Waals surface area contributed by atoms with Crippen LogP contribution in [-0.2, 0) is 23.1 Å². The Morgan fingerprint density at radius 1 is 0.960 bits per heavy atom. The van der Waals surface area contributed by atoms with E-state index in [4.69, 9.17) is 11.6 Å². The van der Waals surface area contributed by atoms with Gasteiger partial charge in [-0.15, -0.1) is 0 Å². The molecule has 0 bridgehead atoms. The second-order valence-corrected chi connectivity index (χ2v) is 8.65. The lowest BCUT2D eigenvalue weighted by Gasteiger charge is -2.26. The third-order valence-corrected chi connectivity index (χ3v) is 6.67. The highest BCUT2D eigenvalue weighted by atomic mass is 35.5. The number of nitrogens with zero attached hydrogens (tertiary/aromatic N) is 1. The molecule has 0 unspecified atom stereocenters. The van der Waals surface area contributed by atoms with Gasteiger partial charge in [0.05, 0.1) is 4.90 Å². The van der Waals surface area contributed by atoms with Crippen LogP contribution in [0, 0.1) is 0 Å². The van der Waals surface area contributed by atoms with E-state index in [2.05, 4.69) is 5.32 Å². The van der Waals surface area contributed by atoms with E-state index in [9.17, 15) is 8.42 Å². The maximum absolute atomic E-state index is 13.0. The first-order chi connectivity index (χ1) is 12.1. The van der Waals surface area contributed by atoms with Crippen LogP contribution in [0.2, 0.25) is 5.02 Å². The topological polar surface area (TPSA) is 49.4 Å². The van der Waals surface area contributed by atoms with E-state index in [0.29, 0.717) is 36.1 Å². The fourth-order valence-corrected chi connectivity index (χ4v) is 5.09. The molecule has 25 heavy (non-hydrogen) atoms. The molecular weight excluding hydrogens is 356 g/mol. The van der Waals surface area contributed by atoms with Crippen molar-refractivity contribution in [2.24, 2.45) is 0 Å². The lowest BCUT2D eigenvalue weighted by Crippen LogP contribution is -2.36. The highest BCUT2D eigenvalue weighted by Crippen LogP contribution is 2.23. The number of halogens is 1. The van der Waals surface area contributed by atoms with Gasteiger partial charge in [0.2, 0.25) is 10.0 Å². The Morgan fingerprint density at radius 2 is 1.72 bits per heavy atom. The first kappa shape index (κ1) is 18.4. The molecule has 1 heterocycles. The van der Waals surface area contributed by atoms with E-state index in [-0.39, 0.29) is 0 Å². The number of rotatable bonds is 6. The van der Waals surface area contributed by atoms with Gasteiger partial charge in [0, 0.05) is 31.2 Å². The van der Waals surface area contributed by atoms with Gasteiger partial charge in [-0.3, -0.25) is 0 Å². The smallest absolute Gasteiger partial charge is 0.243 e. The van der Waals surface area contributed by atoms with Crippen molar-refractivity contribution in [1.82, 2.24) is 9.62 Å². The Bertz CT molecular complexity index is 818. The molecule has 0 amide bonds. The second-order valence-electron chi connectivity index (χ2n) is 6.31. The molecular formula is C19H23ClN2O2S. The van der Waals surface area contributed by atoms with Gasteiger partial charge in [-0.05, 0) is 42.2 Å².